The van der Waals surface area contributed by atoms with Crippen molar-refractivity contribution in [2.45, 2.75) is 0 Å². The molecule has 0 unspecified atom stereocenters. The van der Waals surface area contributed by atoms with E-state index in [9.17, 15) is 9.59 Å². The van der Waals surface area contributed by atoms with E-state index in [0.29, 0.717) is 18.8 Å². The zero-order valence-electron chi connectivity index (χ0n) is 12.4. The van der Waals surface area contributed by atoms with Gasteiger partial charge in [0.2, 0.25) is 11.8 Å². The summed E-state index contributed by atoms with van der Waals surface area (Å²) in [4.78, 5) is 23.4. The number of carbonyl (C=O) groups is 2. The van der Waals surface area contributed by atoms with Gasteiger partial charge in [0, 0.05) is 31.2 Å². The SMILES string of the molecule is Cl.O=C(CNC(=O)C1CNC1)Nc1ccc(-n2cccn2)cc1. The number of nitrogens with one attached hydrogen (secondary N) is 3. The Balaban J connectivity index is 0.00000192. The molecule has 3 N–H and O–H groups in total. The summed E-state index contributed by atoms with van der Waals surface area (Å²) in [5, 5.41) is 12.5. The van der Waals surface area contributed by atoms with Crippen LogP contribution in [0.2, 0.25) is 0 Å². The second kappa shape index (κ2) is 7.75. The lowest BCUT2D eigenvalue weighted by Gasteiger charge is -2.25. The predicted octanol–water partition coefficient (Wildman–Crippen LogP) is 0.568. The maximum absolute atomic E-state index is 11.8. The van der Waals surface area contributed by atoms with E-state index in [1.807, 2.05) is 24.4 Å². The Labute approximate surface area is 139 Å². The van der Waals surface area contributed by atoms with Gasteiger partial charge in [-0.15, -0.1) is 12.4 Å². The Bertz CT molecular complexity index is 653. The highest BCUT2D eigenvalue weighted by Gasteiger charge is 2.24. The van der Waals surface area contributed by atoms with Gasteiger partial charge >= 0.3 is 0 Å². The molecule has 2 amide bonds. The standard InChI is InChI=1S/C15H17N5O2.ClH/c21-14(10-17-15(22)11-8-16-9-11)19-12-2-4-13(5-3-12)20-7-1-6-18-20;/h1-7,11,16H,8-10H2,(H,17,22)(H,19,21);1H. The Kier molecular flexibility index (Phi) is 5.72. The van der Waals surface area contributed by atoms with Gasteiger partial charge in [0.05, 0.1) is 18.2 Å². The number of amides is 2. The average Bonchev–Trinajstić information content (AvgIpc) is 2.98. The number of nitrogens with zero attached hydrogens (tertiary/aromatic N) is 2. The Morgan fingerprint density at radius 1 is 1.26 bits per heavy atom. The molecule has 7 nitrogen and oxygen atoms in total. The van der Waals surface area contributed by atoms with E-state index in [2.05, 4.69) is 21.0 Å². The lowest BCUT2D eigenvalue weighted by atomic mass is 10.0. The highest BCUT2D eigenvalue weighted by molar-refractivity contribution is 5.95. The molecule has 0 atom stereocenters. The number of anilines is 1. The smallest absolute Gasteiger partial charge is 0.243 e. The van der Waals surface area contributed by atoms with Gasteiger partial charge in [-0.1, -0.05) is 0 Å². The second-order valence-corrected chi connectivity index (χ2v) is 5.12. The number of rotatable bonds is 5. The van der Waals surface area contributed by atoms with E-state index >= 15 is 0 Å². The van der Waals surface area contributed by atoms with Crippen LogP contribution in [0.1, 0.15) is 0 Å². The van der Waals surface area contributed by atoms with Crippen LogP contribution in [-0.4, -0.2) is 41.2 Å². The van der Waals surface area contributed by atoms with Gasteiger partial charge < -0.3 is 16.0 Å². The van der Waals surface area contributed by atoms with Crippen LogP contribution < -0.4 is 16.0 Å². The fraction of sp³-hybridized carbons (Fsp3) is 0.267. The van der Waals surface area contributed by atoms with Crippen molar-refractivity contribution in [3.05, 3.63) is 42.7 Å². The topological polar surface area (TPSA) is 88.0 Å². The average molecular weight is 336 g/mol. The molecule has 0 radical (unpaired) electrons. The molecule has 1 fully saturated rings. The maximum Gasteiger partial charge on any atom is 0.243 e. The highest BCUT2D eigenvalue weighted by atomic mass is 35.5. The van der Waals surface area contributed by atoms with E-state index < -0.39 is 0 Å². The van der Waals surface area contributed by atoms with Gasteiger partial charge in [-0.25, -0.2) is 4.68 Å². The van der Waals surface area contributed by atoms with E-state index in [-0.39, 0.29) is 36.7 Å². The summed E-state index contributed by atoms with van der Waals surface area (Å²) in [6.07, 6.45) is 3.55. The number of carbonyl (C=O) groups excluding carboxylic acids is 2. The van der Waals surface area contributed by atoms with E-state index in [0.717, 1.165) is 5.69 Å². The van der Waals surface area contributed by atoms with Crippen molar-refractivity contribution in [1.82, 2.24) is 20.4 Å². The summed E-state index contributed by atoms with van der Waals surface area (Å²) >= 11 is 0. The third kappa shape index (κ3) is 4.30. The van der Waals surface area contributed by atoms with Crippen LogP contribution in [0.3, 0.4) is 0 Å². The summed E-state index contributed by atoms with van der Waals surface area (Å²) in [5.41, 5.74) is 1.59. The first-order valence-corrected chi connectivity index (χ1v) is 7.11. The van der Waals surface area contributed by atoms with E-state index in [4.69, 9.17) is 0 Å². The van der Waals surface area contributed by atoms with Crippen LogP contribution in [0.25, 0.3) is 5.69 Å². The summed E-state index contributed by atoms with van der Waals surface area (Å²) in [5.74, 6) is -0.337. The van der Waals surface area contributed by atoms with Crippen molar-refractivity contribution >= 4 is 29.9 Å². The zero-order chi connectivity index (χ0) is 15.4. The molecule has 2 aromatic rings. The Morgan fingerprint density at radius 3 is 2.57 bits per heavy atom. The number of aromatic nitrogens is 2. The first kappa shape index (κ1) is 17.0. The molecule has 122 valence electrons. The summed E-state index contributed by atoms with van der Waals surface area (Å²) in [6.45, 7) is 1.35. The van der Waals surface area contributed by atoms with Crippen LogP contribution in [0.4, 0.5) is 5.69 Å². The highest BCUT2D eigenvalue weighted by Crippen LogP contribution is 2.12. The molecular weight excluding hydrogens is 318 g/mol. The number of hydrogen-bond donors (Lipinski definition) is 3. The number of halogens is 1. The minimum Gasteiger partial charge on any atom is -0.347 e. The molecule has 8 heteroatoms. The quantitative estimate of drug-likeness (QED) is 0.745. The Hall–Kier alpha value is -2.38. The number of hydrogen-bond acceptors (Lipinski definition) is 4. The minimum absolute atomic E-state index is 0. The molecule has 0 spiro atoms. The molecule has 1 aliphatic heterocycles. The van der Waals surface area contributed by atoms with Crippen molar-refractivity contribution < 1.29 is 9.59 Å². The predicted molar refractivity (Wildman–Crippen MR) is 88.8 cm³/mol. The third-order valence-electron chi connectivity index (χ3n) is 3.50. The lowest BCUT2D eigenvalue weighted by Crippen LogP contribution is -2.51. The van der Waals surface area contributed by atoms with Crippen LogP contribution in [0.5, 0.6) is 0 Å². The van der Waals surface area contributed by atoms with E-state index in [1.54, 1.807) is 23.0 Å². The van der Waals surface area contributed by atoms with Gasteiger partial charge in [-0.05, 0) is 30.3 Å². The van der Waals surface area contributed by atoms with Crippen LogP contribution >= 0.6 is 12.4 Å². The summed E-state index contributed by atoms with van der Waals surface area (Å²) in [6, 6.07) is 9.16. The molecule has 2 heterocycles. The maximum atomic E-state index is 11.8. The van der Waals surface area contributed by atoms with Gasteiger partial charge in [0.25, 0.3) is 0 Å². The first-order chi connectivity index (χ1) is 10.7. The van der Waals surface area contributed by atoms with Crippen molar-refractivity contribution in [3.63, 3.8) is 0 Å². The first-order valence-electron chi connectivity index (χ1n) is 7.11. The summed E-state index contributed by atoms with van der Waals surface area (Å²) < 4.78 is 1.73. The van der Waals surface area contributed by atoms with Crippen molar-refractivity contribution in [3.8, 4) is 5.69 Å². The number of benzene rings is 1. The largest absolute Gasteiger partial charge is 0.347 e. The molecule has 0 bridgehead atoms. The van der Waals surface area contributed by atoms with Crippen LogP contribution in [-0.2, 0) is 9.59 Å². The minimum atomic E-state index is -0.243. The molecule has 0 saturated carbocycles. The molecule has 1 aromatic heterocycles. The molecule has 23 heavy (non-hydrogen) atoms. The lowest BCUT2D eigenvalue weighted by molar-refractivity contribution is -0.128. The zero-order valence-corrected chi connectivity index (χ0v) is 13.2. The second-order valence-electron chi connectivity index (χ2n) is 5.12. The molecular formula is C15H18ClN5O2. The fourth-order valence-corrected chi connectivity index (χ4v) is 2.11. The molecule has 0 aliphatic carbocycles. The molecule has 3 rings (SSSR count). The summed E-state index contributed by atoms with van der Waals surface area (Å²) in [7, 11) is 0. The van der Waals surface area contributed by atoms with Crippen molar-refractivity contribution in [2.24, 2.45) is 5.92 Å². The van der Waals surface area contributed by atoms with Gasteiger partial charge in [0.15, 0.2) is 0 Å². The van der Waals surface area contributed by atoms with E-state index in [1.165, 1.54) is 0 Å². The monoisotopic (exact) mass is 335 g/mol. The van der Waals surface area contributed by atoms with Gasteiger partial charge in [0.1, 0.15) is 0 Å². The molecule has 1 aromatic carbocycles. The van der Waals surface area contributed by atoms with Gasteiger partial charge in [-0.2, -0.15) is 5.10 Å². The molecule has 1 saturated heterocycles. The third-order valence-corrected chi connectivity index (χ3v) is 3.50. The Morgan fingerprint density at radius 2 is 2.00 bits per heavy atom. The van der Waals surface area contributed by atoms with Crippen molar-refractivity contribution in [2.75, 3.05) is 25.0 Å². The normalized spacial score (nSPS) is 13.6. The molecule has 1 aliphatic rings. The van der Waals surface area contributed by atoms with Crippen LogP contribution in [0, 0.1) is 5.92 Å². The van der Waals surface area contributed by atoms with Crippen molar-refractivity contribution in [1.29, 1.82) is 0 Å². The fourth-order valence-electron chi connectivity index (χ4n) is 2.11. The van der Waals surface area contributed by atoms with Gasteiger partial charge in [-0.3, -0.25) is 9.59 Å². The van der Waals surface area contributed by atoms with Crippen LogP contribution in [0.15, 0.2) is 42.7 Å².